The molecule has 1 heterocycles. The molecule has 2 aromatic rings. The van der Waals surface area contributed by atoms with E-state index in [0.29, 0.717) is 16.7 Å². The zero-order valence-electron chi connectivity index (χ0n) is 12.7. The molecule has 0 aromatic heterocycles. The summed E-state index contributed by atoms with van der Waals surface area (Å²) in [6.07, 6.45) is 0.654. The van der Waals surface area contributed by atoms with Gasteiger partial charge in [-0.05, 0) is 36.2 Å². The molecule has 1 fully saturated rings. The van der Waals surface area contributed by atoms with Crippen LogP contribution < -0.4 is 4.74 Å². The first-order valence-electron chi connectivity index (χ1n) is 7.71. The van der Waals surface area contributed by atoms with Crippen molar-refractivity contribution >= 4 is 23.2 Å². The van der Waals surface area contributed by atoms with Gasteiger partial charge in [0.1, 0.15) is 12.4 Å². The van der Waals surface area contributed by atoms with Crippen LogP contribution in [0, 0.1) is 0 Å². The second-order valence-corrected chi connectivity index (χ2v) is 6.53. The van der Waals surface area contributed by atoms with E-state index in [-0.39, 0.29) is 6.10 Å². The Balaban J connectivity index is 1.66. The second kappa shape index (κ2) is 7.54. The summed E-state index contributed by atoms with van der Waals surface area (Å²) in [6, 6.07) is 13.3. The van der Waals surface area contributed by atoms with Gasteiger partial charge in [0, 0.05) is 35.2 Å². The summed E-state index contributed by atoms with van der Waals surface area (Å²) in [7, 11) is 0. The van der Waals surface area contributed by atoms with E-state index in [4.69, 9.17) is 27.9 Å². The van der Waals surface area contributed by atoms with Gasteiger partial charge in [0.15, 0.2) is 0 Å². The van der Waals surface area contributed by atoms with E-state index in [1.807, 2.05) is 42.5 Å². The number of hydrogen-bond acceptors (Lipinski definition) is 3. The Morgan fingerprint density at radius 1 is 1.13 bits per heavy atom. The van der Waals surface area contributed by atoms with Crippen LogP contribution in [-0.2, 0) is 0 Å². The van der Waals surface area contributed by atoms with Crippen molar-refractivity contribution in [3.8, 4) is 16.9 Å². The number of nitrogens with zero attached hydrogens (tertiary/aromatic N) is 1. The van der Waals surface area contributed by atoms with E-state index in [9.17, 15) is 5.11 Å². The summed E-state index contributed by atoms with van der Waals surface area (Å²) in [5, 5.41) is 10.8. The number of β-amino-alcohol motifs (C(OH)–C–C–N with tert-alkyl or cyclic N) is 1. The van der Waals surface area contributed by atoms with E-state index in [0.717, 1.165) is 42.9 Å². The number of rotatable bonds is 5. The van der Waals surface area contributed by atoms with Crippen molar-refractivity contribution in [3.05, 3.63) is 52.5 Å². The molecule has 1 aliphatic heterocycles. The average Bonchev–Trinajstić information content (AvgIpc) is 2.93. The molecule has 0 saturated carbocycles. The third-order valence-corrected chi connectivity index (χ3v) is 4.64. The van der Waals surface area contributed by atoms with Crippen molar-refractivity contribution in [1.82, 2.24) is 4.90 Å². The standard InChI is InChI=1S/C18H19Cl2NO2/c19-16-5-2-6-17(20)18(16)13-3-1-4-15(11-13)23-10-9-21-8-7-14(22)12-21/h1-6,11,14,22H,7-10,12H2. The minimum Gasteiger partial charge on any atom is -0.492 e. The molecule has 3 nitrogen and oxygen atoms in total. The third-order valence-electron chi connectivity index (χ3n) is 4.01. The maximum Gasteiger partial charge on any atom is 0.119 e. The number of likely N-dealkylation sites (tertiary alicyclic amines) is 1. The number of aliphatic hydroxyl groups is 1. The molecule has 1 aliphatic rings. The minimum absolute atomic E-state index is 0.194. The van der Waals surface area contributed by atoms with Gasteiger partial charge in [0.2, 0.25) is 0 Å². The molecule has 0 radical (unpaired) electrons. The van der Waals surface area contributed by atoms with Gasteiger partial charge in [0.25, 0.3) is 0 Å². The Hall–Kier alpha value is -1.26. The van der Waals surface area contributed by atoms with Crippen LogP contribution in [0.2, 0.25) is 10.0 Å². The summed E-state index contributed by atoms with van der Waals surface area (Å²) in [5.41, 5.74) is 1.76. The first kappa shape index (κ1) is 16.6. The lowest BCUT2D eigenvalue weighted by atomic mass is 10.1. The predicted octanol–water partition coefficient (Wildman–Crippen LogP) is 4.11. The fraction of sp³-hybridized carbons (Fsp3) is 0.333. The van der Waals surface area contributed by atoms with Crippen LogP contribution in [-0.4, -0.2) is 42.4 Å². The van der Waals surface area contributed by atoms with Gasteiger partial charge < -0.3 is 9.84 Å². The van der Waals surface area contributed by atoms with E-state index in [1.165, 1.54) is 0 Å². The SMILES string of the molecule is OC1CCN(CCOc2cccc(-c3c(Cl)cccc3Cl)c2)C1. The lowest BCUT2D eigenvalue weighted by molar-refractivity contribution is 0.167. The molecule has 0 aliphatic carbocycles. The second-order valence-electron chi connectivity index (χ2n) is 5.72. The molecule has 1 saturated heterocycles. The van der Waals surface area contributed by atoms with Crippen molar-refractivity contribution in [2.24, 2.45) is 0 Å². The highest BCUT2D eigenvalue weighted by Crippen LogP contribution is 2.35. The fourth-order valence-corrected chi connectivity index (χ4v) is 3.44. The first-order chi connectivity index (χ1) is 11.1. The van der Waals surface area contributed by atoms with Gasteiger partial charge in [-0.15, -0.1) is 0 Å². The number of ether oxygens (including phenoxy) is 1. The topological polar surface area (TPSA) is 32.7 Å². The zero-order valence-corrected chi connectivity index (χ0v) is 14.2. The molecular weight excluding hydrogens is 333 g/mol. The van der Waals surface area contributed by atoms with E-state index in [1.54, 1.807) is 0 Å². The van der Waals surface area contributed by atoms with E-state index < -0.39 is 0 Å². The lowest BCUT2D eigenvalue weighted by Gasteiger charge is -2.15. The van der Waals surface area contributed by atoms with Crippen LogP contribution in [0.25, 0.3) is 11.1 Å². The molecule has 0 bridgehead atoms. The van der Waals surface area contributed by atoms with Gasteiger partial charge in [0.05, 0.1) is 6.10 Å². The van der Waals surface area contributed by atoms with Gasteiger partial charge in [-0.1, -0.05) is 41.4 Å². The maximum atomic E-state index is 9.52. The number of benzene rings is 2. The van der Waals surface area contributed by atoms with Crippen molar-refractivity contribution < 1.29 is 9.84 Å². The van der Waals surface area contributed by atoms with E-state index >= 15 is 0 Å². The Morgan fingerprint density at radius 3 is 2.57 bits per heavy atom. The highest BCUT2D eigenvalue weighted by Gasteiger charge is 2.19. The van der Waals surface area contributed by atoms with Crippen LogP contribution in [0.4, 0.5) is 0 Å². The molecule has 1 atom stereocenters. The smallest absolute Gasteiger partial charge is 0.119 e. The number of hydrogen-bond donors (Lipinski definition) is 1. The number of aliphatic hydroxyl groups excluding tert-OH is 1. The molecule has 122 valence electrons. The summed E-state index contributed by atoms with van der Waals surface area (Å²) in [6.45, 7) is 3.07. The highest BCUT2D eigenvalue weighted by atomic mass is 35.5. The average molecular weight is 352 g/mol. The highest BCUT2D eigenvalue weighted by molar-refractivity contribution is 6.39. The van der Waals surface area contributed by atoms with Crippen LogP contribution in [0.15, 0.2) is 42.5 Å². The summed E-state index contributed by atoms with van der Waals surface area (Å²) >= 11 is 12.5. The van der Waals surface area contributed by atoms with Gasteiger partial charge in [-0.2, -0.15) is 0 Å². The summed E-state index contributed by atoms with van der Waals surface area (Å²) in [4.78, 5) is 2.21. The van der Waals surface area contributed by atoms with Crippen LogP contribution in [0.1, 0.15) is 6.42 Å². The number of halogens is 2. The summed E-state index contributed by atoms with van der Waals surface area (Å²) in [5.74, 6) is 0.790. The Labute approximate surface area is 146 Å². The van der Waals surface area contributed by atoms with Gasteiger partial charge >= 0.3 is 0 Å². The maximum absolute atomic E-state index is 9.52. The molecule has 23 heavy (non-hydrogen) atoms. The van der Waals surface area contributed by atoms with Crippen molar-refractivity contribution in [2.75, 3.05) is 26.2 Å². The molecule has 5 heteroatoms. The van der Waals surface area contributed by atoms with E-state index in [2.05, 4.69) is 4.90 Å². The Morgan fingerprint density at radius 2 is 1.87 bits per heavy atom. The quantitative estimate of drug-likeness (QED) is 0.879. The largest absolute Gasteiger partial charge is 0.492 e. The molecule has 2 aromatic carbocycles. The van der Waals surface area contributed by atoms with Crippen molar-refractivity contribution in [1.29, 1.82) is 0 Å². The van der Waals surface area contributed by atoms with Crippen molar-refractivity contribution in [3.63, 3.8) is 0 Å². The Bertz CT molecular complexity index is 658. The van der Waals surface area contributed by atoms with Crippen LogP contribution >= 0.6 is 23.2 Å². The van der Waals surface area contributed by atoms with Gasteiger partial charge in [-0.25, -0.2) is 0 Å². The normalized spacial score (nSPS) is 18.3. The minimum atomic E-state index is -0.194. The fourth-order valence-electron chi connectivity index (χ4n) is 2.82. The van der Waals surface area contributed by atoms with Crippen molar-refractivity contribution in [2.45, 2.75) is 12.5 Å². The van der Waals surface area contributed by atoms with Crippen LogP contribution in [0.3, 0.4) is 0 Å². The first-order valence-corrected chi connectivity index (χ1v) is 8.47. The molecule has 1 unspecified atom stereocenters. The molecule has 3 rings (SSSR count). The molecule has 0 spiro atoms. The monoisotopic (exact) mass is 351 g/mol. The third kappa shape index (κ3) is 4.18. The van der Waals surface area contributed by atoms with Crippen LogP contribution in [0.5, 0.6) is 5.75 Å². The lowest BCUT2D eigenvalue weighted by Crippen LogP contribution is -2.27. The Kier molecular flexibility index (Phi) is 5.44. The summed E-state index contributed by atoms with van der Waals surface area (Å²) < 4.78 is 5.84. The van der Waals surface area contributed by atoms with Gasteiger partial charge in [-0.3, -0.25) is 4.90 Å². The molecular formula is C18H19Cl2NO2. The molecule has 1 N–H and O–H groups in total. The molecule has 0 amide bonds. The predicted molar refractivity (Wildman–Crippen MR) is 94.5 cm³/mol. The zero-order chi connectivity index (χ0) is 16.2.